The summed E-state index contributed by atoms with van der Waals surface area (Å²) < 4.78 is 5.24. The van der Waals surface area contributed by atoms with Crippen LogP contribution in [0.15, 0.2) is 41.0 Å². The molecule has 2 aromatic rings. The Morgan fingerprint density at radius 1 is 1.25 bits per heavy atom. The Hall–Kier alpha value is -1.49. The summed E-state index contributed by atoms with van der Waals surface area (Å²) in [5.74, 6) is 0.815. The molecular weight excluding hydrogens is 347 g/mol. The van der Waals surface area contributed by atoms with E-state index < -0.39 is 0 Å². The van der Waals surface area contributed by atoms with Gasteiger partial charge in [-0.3, -0.25) is 9.69 Å². The molecule has 2 heterocycles. The van der Waals surface area contributed by atoms with Crippen LogP contribution in [0.3, 0.4) is 0 Å². The molecular formula is C18H20Cl2N2O2. The van der Waals surface area contributed by atoms with Crippen LogP contribution in [-0.2, 0) is 17.9 Å². The van der Waals surface area contributed by atoms with Gasteiger partial charge < -0.3 is 9.73 Å². The highest BCUT2D eigenvalue weighted by atomic mass is 35.5. The summed E-state index contributed by atoms with van der Waals surface area (Å²) in [4.78, 5) is 14.6. The summed E-state index contributed by atoms with van der Waals surface area (Å²) in [5.41, 5.74) is 0.928. The number of amides is 1. The normalized spacial score (nSPS) is 18.5. The van der Waals surface area contributed by atoms with E-state index in [-0.39, 0.29) is 11.8 Å². The summed E-state index contributed by atoms with van der Waals surface area (Å²) in [5, 5.41) is 4.30. The van der Waals surface area contributed by atoms with Crippen LogP contribution < -0.4 is 5.32 Å². The number of carbonyl (C=O) groups excluding carboxylic acids is 1. The highest BCUT2D eigenvalue weighted by Crippen LogP contribution is 2.27. The van der Waals surface area contributed by atoms with Crippen molar-refractivity contribution in [2.75, 3.05) is 13.1 Å². The van der Waals surface area contributed by atoms with Crippen LogP contribution in [-0.4, -0.2) is 23.9 Å². The number of likely N-dealkylation sites (tertiary alicyclic amines) is 1. The van der Waals surface area contributed by atoms with Gasteiger partial charge in [-0.1, -0.05) is 29.3 Å². The molecule has 0 saturated carbocycles. The van der Waals surface area contributed by atoms with Gasteiger partial charge in [0, 0.05) is 28.7 Å². The Morgan fingerprint density at radius 3 is 2.75 bits per heavy atom. The Morgan fingerprint density at radius 2 is 2.04 bits per heavy atom. The molecule has 1 amide bonds. The predicted molar refractivity (Wildman–Crippen MR) is 95.0 cm³/mol. The van der Waals surface area contributed by atoms with Gasteiger partial charge in [-0.15, -0.1) is 0 Å². The van der Waals surface area contributed by atoms with E-state index in [9.17, 15) is 4.79 Å². The second kappa shape index (κ2) is 8.06. The Labute approximate surface area is 151 Å². The number of hydrogen-bond donors (Lipinski definition) is 1. The molecule has 1 saturated heterocycles. The largest absolute Gasteiger partial charge is 0.467 e. The first kappa shape index (κ1) is 17.3. The van der Waals surface area contributed by atoms with Gasteiger partial charge in [0.15, 0.2) is 0 Å². The topological polar surface area (TPSA) is 45.5 Å². The molecule has 1 aromatic carbocycles. The summed E-state index contributed by atoms with van der Waals surface area (Å²) in [6.45, 7) is 2.76. The fraction of sp³-hybridized carbons (Fsp3) is 0.389. The van der Waals surface area contributed by atoms with Gasteiger partial charge in [0.05, 0.1) is 18.7 Å². The number of nitrogens with one attached hydrogen (secondary N) is 1. The van der Waals surface area contributed by atoms with Gasteiger partial charge in [0.1, 0.15) is 5.76 Å². The van der Waals surface area contributed by atoms with Crippen LogP contribution in [0.25, 0.3) is 0 Å². The quantitative estimate of drug-likeness (QED) is 0.865. The van der Waals surface area contributed by atoms with Crippen LogP contribution in [0.4, 0.5) is 0 Å². The molecule has 24 heavy (non-hydrogen) atoms. The molecule has 1 N–H and O–H groups in total. The van der Waals surface area contributed by atoms with E-state index in [0.29, 0.717) is 29.7 Å². The minimum atomic E-state index is -0.0185. The lowest BCUT2D eigenvalue weighted by atomic mass is 9.96. The molecule has 1 aliphatic heterocycles. The molecule has 3 rings (SSSR count). The summed E-state index contributed by atoms with van der Waals surface area (Å²) in [6.07, 6.45) is 3.49. The summed E-state index contributed by atoms with van der Waals surface area (Å²) >= 11 is 12.5. The number of hydrogen-bond acceptors (Lipinski definition) is 3. The van der Waals surface area contributed by atoms with Crippen molar-refractivity contribution in [2.45, 2.75) is 25.9 Å². The maximum atomic E-state index is 12.4. The van der Waals surface area contributed by atoms with E-state index in [1.807, 2.05) is 30.3 Å². The number of piperidine rings is 1. The third-order valence-electron chi connectivity index (χ3n) is 4.34. The van der Waals surface area contributed by atoms with E-state index in [4.69, 9.17) is 27.6 Å². The maximum absolute atomic E-state index is 12.4. The number of nitrogens with zero attached hydrogens (tertiary/aromatic N) is 1. The molecule has 0 aliphatic carbocycles. The monoisotopic (exact) mass is 366 g/mol. The van der Waals surface area contributed by atoms with E-state index in [0.717, 1.165) is 30.7 Å². The predicted octanol–water partition coefficient (Wildman–Crippen LogP) is 4.11. The standard InChI is InChI=1S/C18H20Cl2N2O2/c19-16-6-1-7-17(20)15(16)12-22-8-2-4-13(11-22)18(23)21-10-14-5-3-9-24-14/h1,3,5-7,9,13H,2,4,8,10-12H2,(H,21,23). The van der Waals surface area contributed by atoms with Crippen molar-refractivity contribution < 1.29 is 9.21 Å². The van der Waals surface area contributed by atoms with Crippen molar-refractivity contribution in [3.05, 3.63) is 58.0 Å². The van der Waals surface area contributed by atoms with Crippen LogP contribution in [0, 0.1) is 5.92 Å². The van der Waals surface area contributed by atoms with Crippen LogP contribution >= 0.6 is 23.2 Å². The van der Waals surface area contributed by atoms with Crippen LogP contribution in [0.5, 0.6) is 0 Å². The second-order valence-corrected chi connectivity index (χ2v) is 6.89. The number of benzene rings is 1. The van der Waals surface area contributed by atoms with Gasteiger partial charge in [0.25, 0.3) is 0 Å². The van der Waals surface area contributed by atoms with Gasteiger partial charge in [-0.05, 0) is 43.7 Å². The van der Waals surface area contributed by atoms with Gasteiger partial charge in [-0.25, -0.2) is 0 Å². The van der Waals surface area contributed by atoms with Crippen molar-refractivity contribution in [2.24, 2.45) is 5.92 Å². The molecule has 1 atom stereocenters. The molecule has 1 unspecified atom stereocenters. The van der Waals surface area contributed by atoms with E-state index in [1.165, 1.54) is 0 Å². The first-order valence-corrected chi connectivity index (χ1v) is 8.84. The van der Waals surface area contributed by atoms with Crippen molar-refractivity contribution >= 4 is 29.1 Å². The highest BCUT2D eigenvalue weighted by Gasteiger charge is 2.26. The van der Waals surface area contributed by atoms with Crippen molar-refractivity contribution in [1.82, 2.24) is 10.2 Å². The lowest BCUT2D eigenvalue weighted by molar-refractivity contribution is -0.127. The smallest absolute Gasteiger partial charge is 0.224 e. The number of halogens is 2. The van der Waals surface area contributed by atoms with E-state index >= 15 is 0 Å². The summed E-state index contributed by atoms with van der Waals surface area (Å²) in [6, 6.07) is 9.21. The second-order valence-electron chi connectivity index (χ2n) is 6.07. The zero-order valence-corrected chi connectivity index (χ0v) is 14.8. The Kier molecular flexibility index (Phi) is 5.82. The third kappa shape index (κ3) is 4.32. The van der Waals surface area contributed by atoms with Crippen molar-refractivity contribution in [1.29, 1.82) is 0 Å². The fourth-order valence-corrected chi connectivity index (χ4v) is 3.57. The van der Waals surface area contributed by atoms with Crippen LogP contribution in [0.2, 0.25) is 10.0 Å². The maximum Gasteiger partial charge on any atom is 0.224 e. The number of rotatable bonds is 5. The van der Waals surface area contributed by atoms with Crippen LogP contribution in [0.1, 0.15) is 24.2 Å². The lowest BCUT2D eigenvalue weighted by Crippen LogP contribution is -2.42. The molecule has 6 heteroatoms. The van der Waals surface area contributed by atoms with Gasteiger partial charge in [-0.2, -0.15) is 0 Å². The molecule has 1 aromatic heterocycles. The Balaban J connectivity index is 1.56. The lowest BCUT2D eigenvalue weighted by Gasteiger charge is -2.32. The van der Waals surface area contributed by atoms with Crippen molar-refractivity contribution in [3.63, 3.8) is 0 Å². The molecule has 0 bridgehead atoms. The third-order valence-corrected chi connectivity index (χ3v) is 5.04. The summed E-state index contributed by atoms with van der Waals surface area (Å²) in [7, 11) is 0. The van der Waals surface area contributed by atoms with Gasteiger partial charge >= 0.3 is 0 Å². The Bertz CT molecular complexity index is 668. The number of furan rings is 1. The average molecular weight is 367 g/mol. The molecule has 0 radical (unpaired) electrons. The molecule has 0 spiro atoms. The molecule has 4 nitrogen and oxygen atoms in total. The fourth-order valence-electron chi connectivity index (χ4n) is 3.05. The molecule has 1 aliphatic rings. The number of carbonyl (C=O) groups is 1. The first-order valence-electron chi connectivity index (χ1n) is 8.09. The van der Waals surface area contributed by atoms with Gasteiger partial charge in [0.2, 0.25) is 5.91 Å². The zero-order chi connectivity index (χ0) is 16.9. The minimum absolute atomic E-state index is 0.0185. The highest BCUT2D eigenvalue weighted by molar-refractivity contribution is 6.35. The van der Waals surface area contributed by atoms with E-state index in [2.05, 4.69) is 10.2 Å². The van der Waals surface area contributed by atoms with E-state index in [1.54, 1.807) is 6.26 Å². The average Bonchev–Trinajstić information content (AvgIpc) is 3.10. The minimum Gasteiger partial charge on any atom is -0.467 e. The molecule has 128 valence electrons. The first-order chi connectivity index (χ1) is 11.6. The van der Waals surface area contributed by atoms with Crippen molar-refractivity contribution in [3.8, 4) is 0 Å². The zero-order valence-electron chi connectivity index (χ0n) is 13.3. The SMILES string of the molecule is O=C(NCc1ccco1)C1CCCN(Cc2c(Cl)cccc2Cl)C1. The molecule has 1 fully saturated rings.